The molecule has 0 radical (unpaired) electrons. The summed E-state index contributed by atoms with van der Waals surface area (Å²) in [5.74, 6) is -0.325. The maximum atomic E-state index is 12.5. The quantitative estimate of drug-likeness (QED) is 0.844. The van der Waals surface area contributed by atoms with Gasteiger partial charge in [-0.2, -0.15) is 5.26 Å². The molecule has 2 aromatic heterocycles. The lowest BCUT2D eigenvalue weighted by Gasteiger charge is -2.12. The fourth-order valence-corrected chi connectivity index (χ4v) is 2.51. The SMILES string of the molecule is CCCCn1c(O)c(C#N)c(C)c(N=Nc2nnc(C)s2)c1=O. The Morgan fingerprint density at radius 3 is 2.65 bits per heavy atom. The number of nitriles is 1. The van der Waals surface area contributed by atoms with E-state index in [0.717, 1.165) is 16.0 Å². The van der Waals surface area contributed by atoms with Crippen LogP contribution in [0, 0.1) is 25.2 Å². The van der Waals surface area contributed by atoms with Crippen LogP contribution in [0.2, 0.25) is 0 Å². The number of azo groups is 1. The summed E-state index contributed by atoms with van der Waals surface area (Å²) in [7, 11) is 0. The van der Waals surface area contributed by atoms with Crippen molar-refractivity contribution in [3.05, 3.63) is 26.5 Å². The molecule has 23 heavy (non-hydrogen) atoms. The van der Waals surface area contributed by atoms with E-state index in [-0.39, 0.29) is 17.1 Å². The highest BCUT2D eigenvalue weighted by atomic mass is 32.1. The van der Waals surface area contributed by atoms with E-state index in [1.54, 1.807) is 13.8 Å². The number of unbranched alkanes of at least 4 members (excludes halogenated alkanes) is 1. The van der Waals surface area contributed by atoms with Gasteiger partial charge in [-0.15, -0.1) is 20.4 Å². The molecule has 0 unspecified atom stereocenters. The Hall–Kier alpha value is -2.60. The maximum absolute atomic E-state index is 12.5. The van der Waals surface area contributed by atoms with E-state index in [0.29, 0.717) is 23.7 Å². The van der Waals surface area contributed by atoms with Crippen LogP contribution in [-0.4, -0.2) is 19.9 Å². The third-order valence-electron chi connectivity index (χ3n) is 3.26. The Labute approximate surface area is 136 Å². The van der Waals surface area contributed by atoms with E-state index < -0.39 is 5.56 Å². The van der Waals surface area contributed by atoms with Crippen molar-refractivity contribution in [2.45, 2.75) is 40.2 Å². The molecule has 2 rings (SSSR count). The second kappa shape index (κ2) is 7.11. The van der Waals surface area contributed by atoms with Crippen molar-refractivity contribution >= 4 is 22.2 Å². The number of aromatic hydroxyl groups is 1. The van der Waals surface area contributed by atoms with Crippen LogP contribution in [0.3, 0.4) is 0 Å². The van der Waals surface area contributed by atoms with Crippen LogP contribution in [0.15, 0.2) is 15.0 Å². The Morgan fingerprint density at radius 1 is 1.35 bits per heavy atom. The number of rotatable bonds is 5. The lowest BCUT2D eigenvalue weighted by molar-refractivity contribution is 0.399. The van der Waals surface area contributed by atoms with E-state index >= 15 is 0 Å². The van der Waals surface area contributed by atoms with Gasteiger partial charge in [-0.1, -0.05) is 24.7 Å². The molecule has 0 bridgehead atoms. The van der Waals surface area contributed by atoms with E-state index in [4.69, 9.17) is 0 Å². The minimum atomic E-state index is -0.475. The largest absolute Gasteiger partial charge is 0.493 e. The van der Waals surface area contributed by atoms with E-state index in [2.05, 4.69) is 20.4 Å². The van der Waals surface area contributed by atoms with Gasteiger partial charge in [0.25, 0.3) is 10.7 Å². The molecule has 120 valence electrons. The van der Waals surface area contributed by atoms with Crippen molar-refractivity contribution in [2.24, 2.45) is 10.2 Å². The Bertz CT molecular complexity index is 846. The van der Waals surface area contributed by atoms with Crippen LogP contribution < -0.4 is 5.56 Å². The van der Waals surface area contributed by atoms with Crippen molar-refractivity contribution in [2.75, 3.05) is 0 Å². The summed E-state index contributed by atoms with van der Waals surface area (Å²) in [6.45, 7) is 5.63. The van der Waals surface area contributed by atoms with Crippen LogP contribution in [0.25, 0.3) is 0 Å². The molecule has 2 heterocycles. The van der Waals surface area contributed by atoms with E-state index in [1.165, 1.54) is 11.3 Å². The van der Waals surface area contributed by atoms with Gasteiger partial charge in [-0.05, 0) is 20.3 Å². The summed E-state index contributed by atoms with van der Waals surface area (Å²) in [6, 6.07) is 1.91. The van der Waals surface area contributed by atoms with Gasteiger partial charge < -0.3 is 5.11 Å². The van der Waals surface area contributed by atoms with Crippen molar-refractivity contribution in [1.29, 1.82) is 5.26 Å². The van der Waals surface area contributed by atoms with Crippen molar-refractivity contribution < 1.29 is 5.11 Å². The Balaban J connectivity index is 2.56. The fourth-order valence-electron chi connectivity index (χ4n) is 2.00. The standard InChI is InChI=1S/C14H16N6O2S/c1-4-5-6-20-12(21)10(7-15)8(2)11(13(20)22)17-19-14-18-16-9(3)23-14/h21H,4-6H2,1-3H3. The molecule has 0 spiro atoms. The van der Waals surface area contributed by atoms with Gasteiger partial charge in [0.1, 0.15) is 16.6 Å². The Morgan fingerprint density at radius 2 is 2.09 bits per heavy atom. The van der Waals surface area contributed by atoms with Crippen molar-refractivity contribution in [3.63, 3.8) is 0 Å². The molecule has 2 aromatic rings. The van der Waals surface area contributed by atoms with Crippen LogP contribution in [0.5, 0.6) is 5.88 Å². The molecule has 0 aliphatic heterocycles. The average molecular weight is 332 g/mol. The second-order valence-electron chi connectivity index (χ2n) is 4.90. The maximum Gasteiger partial charge on any atom is 0.281 e. The van der Waals surface area contributed by atoms with E-state index in [1.807, 2.05) is 13.0 Å². The first-order valence-corrected chi connectivity index (χ1v) is 7.89. The topological polar surface area (TPSA) is 117 Å². The number of nitrogens with zero attached hydrogens (tertiary/aromatic N) is 6. The van der Waals surface area contributed by atoms with Gasteiger partial charge in [0.15, 0.2) is 5.69 Å². The molecule has 0 aliphatic carbocycles. The molecule has 0 saturated heterocycles. The zero-order valence-electron chi connectivity index (χ0n) is 13.1. The van der Waals surface area contributed by atoms with Gasteiger partial charge in [-0.3, -0.25) is 9.36 Å². The van der Waals surface area contributed by atoms with Crippen molar-refractivity contribution in [1.82, 2.24) is 14.8 Å². The zero-order chi connectivity index (χ0) is 17.0. The fraction of sp³-hybridized carbons (Fsp3) is 0.429. The molecule has 1 N–H and O–H groups in total. The van der Waals surface area contributed by atoms with Gasteiger partial charge >= 0.3 is 0 Å². The van der Waals surface area contributed by atoms with E-state index in [9.17, 15) is 15.2 Å². The zero-order valence-corrected chi connectivity index (χ0v) is 13.9. The summed E-state index contributed by atoms with van der Waals surface area (Å²) in [5, 5.41) is 35.9. The second-order valence-corrected chi connectivity index (χ2v) is 6.06. The first kappa shape index (κ1) is 16.8. The van der Waals surface area contributed by atoms with Gasteiger partial charge in [-0.25, -0.2) is 0 Å². The van der Waals surface area contributed by atoms with Crippen LogP contribution in [-0.2, 0) is 6.54 Å². The van der Waals surface area contributed by atoms with Gasteiger partial charge in [0.2, 0.25) is 5.88 Å². The molecule has 9 heteroatoms. The van der Waals surface area contributed by atoms with Crippen LogP contribution >= 0.6 is 11.3 Å². The predicted octanol–water partition coefficient (Wildman–Crippen LogP) is 3.11. The predicted molar refractivity (Wildman–Crippen MR) is 85.5 cm³/mol. The number of hydrogen-bond donors (Lipinski definition) is 1. The normalized spacial score (nSPS) is 11.0. The average Bonchev–Trinajstić information content (AvgIpc) is 2.93. The third kappa shape index (κ3) is 3.43. The smallest absolute Gasteiger partial charge is 0.281 e. The van der Waals surface area contributed by atoms with Gasteiger partial charge in [0.05, 0.1) is 0 Å². The molecule has 0 aliphatic rings. The van der Waals surface area contributed by atoms with Gasteiger partial charge in [0, 0.05) is 12.1 Å². The number of hydrogen-bond acceptors (Lipinski definition) is 8. The summed E-state index contributed by atoms with van der Waals surface area (Å²) in [4.78, 5) is 12.5. The van der Waals surface area contributed by atoms with Crippen molar-refractivity contribution in [3.8, 4) is 11.9 Å². The number of pyridine rings is 1. The summed E-state index contributed by atoms with van der Waals surface area (Å²) in [6.07, 6.45) is 1.55. The summed E-state index contributed by atoms with van der Waals surface area (Å²) >= 11 is 1.24. The lowest BCUT2D eigenvalue weighted by atomic mass is 10.1. The van der Waals surface area contributed by atoms with Crippen LogP contribution in [0.4, 0.5) is 10.8 Å². The third-order valence-corrected chi connectivity index (χ3v) is 3.98. The molecular weight excluding hydrogens is 316 g/mol. The molecule has 0 atom stereocenters. The highest BCUT2D eigenvalue weighted by Crippen LogP contribution is 2.27. The Kier molecular flexibility index (Phi) is 5.18. The number of aromatic nitrogens is 3. The first-order chi connectivity index (χ1) is 11.0. The highest BCUT2D eigenvalue weighted by molar-refractivity contribution is 7.14. The molecule has 0 amide bonds. The molecular formula is C14H16N6O2S. The molecule has 0 aromatic carbocycles. The molecule has 8 nitrogen and oxygen atoms in total. The van der Waals surface area contributed by atoms with Crippen LogP contribution in [0.1, 0.15) is 35.9 Å². The molecule has 0 saturated carbocycles. The monoisotopic (exact) mass is 332 g/mol. The minimum absolute atomic E-state index is 0.0306. The summed E-state index contributed by atoms with van der Waals surface area (Å²) < 4.78 is 1.16. The minimum Gasteiger partial charge on any atom is -0.493 e. The highest BCUT2D eigenvalue weighted by Gasteiger charge is 2.18. The molecule has 0 fully saturated rings. The first-order valence-electron chi connectivity index (χ1n) is 7.07. The lowest BCUT2D eigenvalue weighted by Crippen LogP contribution is -2.22. The number of aryl methyl sites for hydroxylation is 1. The summed E-state index contributed by atoms with van der Waals surface area (Å²) in [5.41, 5.74) is -0.114.